The number of aromatic nitrogens is 1. The predicted molar refractivity (Wildman–Crippen MR) is 79.1 cm³/mol. The predicted octanol–water partition coefficient (Wildman–Crippen LogP) is 3.23. The third-order valence-electron chi connectivity index (χ3n) is 2.65. The fourth-order valence-electron chi connectivity index (χ4n) is 1.79. The Morgan fingerprint density at radius 1 is 1.47 bits per heavy atom. The number of aromatic carboxylic acids is 1. The highest BCUT2D eigenvalue weighted by Gasteiger charge is 2.15. The maximum atomic E-state index is 11.4. The number of rotatable bonds is 3. The maximum Gasteiger partial charge on any atom is 0.336 e. The van der Waals surface area contributed by atoms with Crippen molar-refractivity contribution in [1.29, 1.82) is 0 Å². The monoisotopic (exact) mass is 320 g/mol. The Balaban J connectivity index is 2.79. The molecule has 2 aromatic rings. The van der Waals surface area contributed by atoms with Crippen LogP contribution in [-0.2, 0) is 0 Å². The summed E-state index contributed by atoms with van der Waals surface area (Å²) < 4.78 is 0.731. The minimum atomic E-state index is -0.966. The van der Waals surface area contributed by atoms with Gasteiger partial charge in [0.2, 0.25) is 0 Å². The van der Waals surface area contributed by atoms with Crippen molar-refractivity contribution in [2.45, 2.75) is 0 Å². The summed E-state index contributed by atoms with van der Waals surface area (Å²) >= 11 is 3.39. The van der Waals surface area contributed by atoms with Crippen LogP contribution in [0.5, 0.6) is 0 Å². The molecule has 0 unspecified atom stereocenters. The number of halogens is 1. The van der Waals surface area contributed by atoms with Gasteiger partial charge in [-0.1, -0.05) is 22.0 Å². The van der Waals surface area contributed by atoms with E-state index in [2.05, 4.69) is 20.9 Å². The summed E-state index contributed by atoms with van der Waals surface area (Å²) in [6, 6.07) is 5.35. The van der Waals surface area contributed by atoms with Crippen molar-refractivity contribution < 1.29 is 9.90 Å². The lowest BCUT2D eigenvalue weighted by Gasteiger charge is -2.09. The van der Waals surface area contributed by atoms with Crippen LogP contribution in [0, 0.1) is 0 Å². The van der Waals surface area contributed by atoms with Gasteiger partial charge in [0.05, 0.1) is 11.1 Å². The number of hydrogen-bond donors (Lipinski definition) is 1. The highest BCUT2D eigenvalue weighted by atomic mass is 79.9. The Hall–Kier alpha value is -1.88. The zero-order chi connectivity index (χ0) is 14.0. The van der Waals surface area contributed by atoms with Gasteiger partial charge in [-0.2, -0.15) is 0 Å². The Morgan fingerprint density at radius 2 is 2.21 bits per heavy atom. The Bertz CT molecular complexity index is 666. The Labute approximate surface area is 119 Å². The molecule has 1 heterocycles. The summed E-state index contributed by atoms with van der Waals surface area (Å²) in [4.78, 5) is 17.5. The molecule has 0 amide bonds. The van der Waals surface area contributed by atoms with Gasteiger partial charge in [0.1, 0.15) is 0 Å². The summed E-state index contributed by atoms with van der Waals surface area (Å²) in [6.07, 6.45) is 5.24. The van der Waals surface area contributed by atoms with Crippen LogP contribution in [0.1, 0.15) is 15.9 Å². The molecular formula is C14H13BrN2O2. The second-order valence-electron chi connectivity index (χ2n) is 4.30. The summed E-state index contributed by atoms with van der Waals surface area (Å²) in [7, 11) is 3.76. The van der Waals surface area contributed by atoms with Gasteiger partial charge in [-0.3, -0.25) is 4.98 Å². The molecule has 4 nitrogen and oxygen atoms in total. The number of carboxylic acid groups (broad SMARTS) is 1. The van der Waals surface area contributed by atoms with Crippen LogP contribution in [0.15, 0.2) is 35.1 Å². The molecule has 0 aliphatic heterocycles. The third-order valence-corrected chi connectivity index (χ3v) is 3.31. The molecule has 1 aromatic carbocycles. The van der Waals surface area contributed by atoms with Gasteiger partial charge in [0.15, 0.2) is 0 Å². The third kappa shape index (κ3) is 2.76. The van der Waals surface area contributed by atoms with Crippen molar-refractivity contribution in [1.82, 2.24) is 9.88 Å². The highest BCUT2D eigenvalue weighted by molar-refractivity contribution is 9.10. The van der Waals surface area contributed by atoms with Crippen molar-refractivity contribution in [3.63, 3.8) is 0 Å². The number of pyridine rings is 1. The quantitative estimate of drug-likeness (QED) is 0.943. The summed E-state index contributed by atoms with van der Waals surface area (Å²) in [5.41, 5.74) is 1.52. The van der Waals surface area contributed by atoms with Crippen molar-refractivity contribution in [3.05, 3.63) is 46.2 Å². The lowest BCUT2D eigenvalue weighted by molar-refractivity contribution is 0.0696. The summed E-state index contributed by atoms with van der Waals surface area (Å²) in [6.45, 7) is 0. The van der Waals surface area contributed by atoms with E-state index in [1.807, 2.05) is 37.3 Å². The second-order valence-corrected chi connectivity index (χ2v) is 5.16. The normalized spacial score (nSPS) is 11.1. The number of fused-ring (bicyclic) bond motifs is 1. The zero-order valence-corrected chi connectivity index (χ0v) is 12.2. The molecule has 0 radical (unpaired) electrons. The van der Waals surface area contributed by atoms with Crippen LogP contribution in [-0.4, -0.2) is 35.1 Å². The van der Waals surface area contributed by atoms with Gasteiger partial charge < -0.3 is 10.0 Å². The second kappa shape index (κ2) is 5.40. The first-order chi connectivity index (χ1) is 9.00. The van der Waals surface area contributed by atoms with Crippen molar-refractivity contribution in [3.8, 4) is 0 Å². The van der Waals surface area contributed by atoms with E-state index >= 15 is 0 Å². The van der Waals surface area contributed by atoms with E-state index in [0.717, 1.165) is 9.86 Å². The largest absolute Gasteiger partial charge is 0.478 e. The van der Waals surface area contributed by atoms with Crippen LogP contribution in [0.2, 0.25) is 0 Å². The van der Waals surface area contributed by atoms with Gasteiger partial charge in [-0.15, -0.1) is 0 Å². The molecule has 0 aliphatic carbocycles. The topological polar surface area (TPSA) is 53.4 Å². The van der Waals surface area contributed by atoms with E-state index < -0.39 is 5.97 Å². The van der Waals surface area contributed by atoms with E-state index in [0.29, 0.717) is 11.1 Å². The van der Waals surface area contributed by atoms with E-state index in [4.69, 9.17) is 0 Å². The summed E-state index contributed by atoms with van der Waals surface area (Å²) in [5, 5.41) is 10.2. The van der Waals surface area contributed by atoms with Crippen LogP contribution in [0.4, 0.5) is 0 Å². The van der Waals surface area contributed by atoms with Crippen molar-refractivity contribution in [2.24, 2.45) is 0 Å². The van der Waals surface area contributed by atoms with Gasteiger partial charge in [0.25, 0.3) is 0 Å². The van der Waals surface area contributed by atoms with Gasteiger partial charge in [-0.25, -0.2) is 4.79 Å². The fraction of sp³-hybridized carbons (Fsp3) is 0.143. The molecule has 1 aromatic heterocycles. The minimum absolute atomic E-state index is 0.233. The first-order valence-corrected chi connectivity index (χ1v) is 6.45. The Morgan fingerprint density at radius 3 is 2.84 bits per heavy atom. The highest BCUT2D eigenvalue weighted by Crippen LogP contribution is 2.29. The molecule has 0 atom stereocenters. The number of carboxylic acids is 1. The molecule has 5 heteroatoms. The molecule has 19 heavy (non-hydrogen) atoms. The molecule has 0 fully saturated rings. The fourth-order valence-corrected chi connectivity index (χ4v) is 2.34. The molecule has 1 N–H and O–H groups in total. The first kappa shape index (κ1) is 13.5. The maximum absolute atomic E-state index is 11.4. The molecule has 0 spiro atoms. The van der Waals surface area contributed by atoms with Crippen molar-refractivity contribution in [2.75, 3.05) is 14.1 Å². The number of hydrogen-bond acceptors (Lipinski definition) is 3. The molecule has 0 aliphatic rings. The zero-order valence-electron chi connectivity index (χ0n) is 10.6. The SMILES string of the molecule is CN(C)C=Cc1c(C(=O)O)cc(Br)c2cccnc12. The lowest BCUT2D eigenvalue weighted by atomic mass is 10.0. The van der Waals surface area contributed by atoms with E-state index in [1.165, 1.54) is 0 Å². The summed E-state index contributed by atoms with van der Waals surface area (Å²) in [5.74, 6) is -0.966. The molecule has 0 bridgehead atoms. The van der Waals surface area contributed by atoms with Gasteiger partial charge in [-0.05, 0) is 24.4 Å². The van der Waals surface area contributed by atoms with Crippen LogP contribution < -0.4 is 0 Å². The van der Waals surface area contributed by atoms with Crippen LogP contribution >= 0.6 is 15.9 Å². The lowest BCUT2D eigenvalue weighted by Crippen LogP contribution is -2.04. The average Bonchev–Trinajstić information content (AvgIpc) is 2.37. The molecular weight excluding hydrogens is 308 g/mol. The first-order valence-electron chi connectivity index (χ1n) is 5.66. The number of benzene rings is 1. The van der Waals surface area contributed by atoms with E-state index in [-0.39, 0.29) is 5.56 Å². The molecule has 0 saturated carbocycles. The molecule has 98 valence electrons. The van der Waals surface area contributed by atoms with E-state index in [1.54, 1.807) is 18.3 Å². The van der Waals surface area contributed by atoms with Gasteiger partial charge >= 0.3 is 5.97 Å². The number of carbonyl (C=O) groups is 1. The number of nitrogens with zero attached hydrogens (tertiary/aromatic N) is 2. The average molecular weight is 321 g/mol. The minimum Gasteiger partial charge on any atom is -0.478 e. The smallest absolute Gasteiger partial charge is 0.336 e. The van der Waals surface area contributed by atoms with Crippen molar-refractivity contribution >= 4 is 38.9 Å². The van der Waals surface area contributed by atoms with Crippen LogP contribution in [0.3, 0.4) is 0 Å². The van der Waals surface area contributed by atoms with Gasteiger partial charge in [0, 0.05) is 35.7 Å². The Kier molecular flexibility index (Phi) is 3.85. The van der Waals surface area contributed by atoms with Crippen LogP contribution in [0.25, 0.3) is 17.0 Å². The molecule has 0 saturated heterocycles. The van der Waals surface area contributed by atoms with E-state index in [9.17, 15) is 9.90 Å². The molecule has 2 rings (SSSR count). The standard InChI is InChI=1S/C14H13BrN2O2/c1-17(2)7-5-9-11(14(18)19)8-12(15)10-4-3-6-16-13(9)10/h3-8H,1-2H3,(H,18,19).